The molecule has 3 heteroatoms. The summed E-state index contributed by atoms with van der Waals surface area (Å²) < 4.78 is 1.84. The van der Waals surface area contributed by atoms with Gasteiger partial charge in [-0.1, -0.05) is 59.9 Å². The molecule has 0 aliphatic heterocycles. The summed E-state index contributed by atoms with van der Waals surface area (Å²) in [6.45, 7) is 2.97. The van der Waals surface area contributed by atoms with Gasteiger partial charge in [-0.3, -0.25) is 4.79 Å². The SMILES string of the molecule is Cc1ccc(C#CCN(Cc2ccccc2)C(=O)c2cccn2C)cc1. The molecular formula is C23H22N2O. The van der Waals surface area contributed by atoms with Crippen LogP contribution in [0.15, 0.2) is 72.9 Å². The van der Waals surface area contributed by atoms with Gasteiger partial charge >= 0.3 is 0 Å². The fourth-order valence-corrected chi connectivity index (χ4v) is 2.72. The zero-order valence-electron chi connectivity index (χ0n) is 15.1. The van der Waals surface area contributed by atoms with Crippen molar-refractivity contribution in [1.29, 1.82) is 0 Å². The van der Waals surface area contributed by atoms with Crippen LogP contribution in [-0.4, -0.2) is 21.9 Å². The molecule has 0 N–H and O–H groups in total. The van der Waals surface area contributed by atoms with Crippen LogP contribution < -0.4 is 0 Å². The van der Waals surface area contributed by atoms with Gasteiger partial charge in [-0.15, -0.1) is 0 Å². The van der Waals surface area contributed by atoms with Crippen molar-refractivity contribution in [3.8, 4) is 11.8 Å². The molecule has 1 heterocycles. The fourth-order valence-electron chi connectivity index (χ4n) is 2.72. The molecule has 26 heavy (non-hydrogen) atoms. The average molecular weight is 342 g/mol. The number of amides is 1. The van der Waals surface area contributed by atoms with Gasteiger partial charge < -0.3 is 9.47 Å². The molecule has 0 spiro atoms. The first-order valence-corrected chi connectivity index (χ1v) is 8.63. The van der Waals surface area contributed by atoms with Crippen LogP contribution in [-0.2, 0) is 13.6 Å². The number of carbonyl (C=O) groups excluding carboxylic acids is 1. The van der Waals surface area contributed by atoms with Crippen molar-refractivity contribution in [2.45, 2.75) is 13.5 Å². The molecular weight excluding hydrogens is 320 g/mol. The number of hydrogen-bond donors (Lipinski definition) is 0. The Bertz CT molecular complexity index is 928. The molecule has 3 rings (SSSR count). The van der Waals surface area contributed by atoms with Gasteiger partial charge in [0, 0.05) is 25.4 Å². The molecule has 3 aromatic rings. The number of nitrogens with zero attached hydrogens (tertiary/aromatic N) is 2. The molecule has 0 unspecified atom stereocenters. The lowest BCUT2D eigenvalue weighted by Gasteiger charge is -2.20. The van der Waals surface area contributed by atoms with Gasteiger partial charge in [0.1, 0.15) is 5.69 Å². The van der Waals surface area contributed by atoms with Gasteiger partial charge in [0.2, 0.25) is 0 Å². The van der Waals surface area contributed by atoms with Gasteiger partial charge in [0.25, 0.3) is 5.91 Å². The quantitative estimate of drug-likeness (QED) is 0.657. The fraction of sp³-hybridized carbons (Fsp3) is 0.174. The highest BCUT2D eigenvalue weighted by atomic mass is 16.2. The Hall–Kier alpha value is -3.25. The zero-order valence-corrected chi connectivity index (χ0v) is 15.1. The van der Waals surface area contributed by atoms with Crippen molar-refractivity contribution in [3.63, 3.8) is 0 Å². The molecule has 0 saturated heterocycles. The number of aromatic nitrogens is 1. The Balaban J connectivity index is 1.80. The summed E-state index contributed by atoms with van der Waals surface area (Å²) in [7, 11) is 1.88. The maximum atomic E-state index is 13.0. The predicted molar refractivity (Wildman–Crippen MR) is 105 cm³/mol. The molecule has 0 aliphatic rings. The lowest BCUT2D eigenvalue weighted by atomic mass is 10.1. The Morgan fingerprint density at radius 2 is 1.73 bits per heavy atom. The average Bonchev–Trinajstić information content (AvgIpc) is 3.09. The summed E-state index contributed by atoms with van der Waals surface area (Å²) in [6.07, 6.45) is 1.88. The molecule has 1 aromatic heterocycles. The summed E-state index contributed by atoms with van der Waals surface area (Å²) in [5.41, 5.74) is 3.92. The molecule has 0 atom stereocenters. The summed E-state index contributed by atoms with van der Waals surface area (Å²) in [6, 6.07) is 21.8. The molecule has 0 bridgehead atoms. The van der Waals surface area contributed by atoms with E-state index in [1.165, 1.54) is 5.56 Å². The number of benzene rings is 2. The summed E-state index contributed by atoms with van der Waals surface area (Å²) in [5.74, 6) is 6.29. The van der Waals surface area contributed by atoms with Crippen molar-refractivity contribution in [3.05, 3.63) is 95.3 Å². The van der Waals surface area contributed by atoms with E-state index in [0.29, 0.717) is 18.8 Å². The monoisotopic (exact) mass is 342 g/mol. The summed E-state index contributed by atoms with van der Waals surface area (Å²) in [5, 5.41) is 0. The van der Waals surface area contributed by atoms with Gasteiger partial charge in [0.05, 0.1) is 6.54 Å². The zero-order chi connectivity index (χ0) is 18.4. The Kier molecular flexibility index (Phi) is 5.56. The van der Waals surface area contributed by atoms with Crippen LogP contribution in [0.5, 0.6) is 0 Å². The lowest BCUT2D eigenvalue weighted by Crippen LogP contribution is -2.32. The van der Waals surface area contributed by atoms with Crippen molar-refractivity contribution >= 4 is 5.91 Å². The van der Waals surface area contributed by atoms with Crippen molar-refractivity contribution in [2.75, 3.05) is 6.54 Å². The van der Waals surface area contributed by atoms with Crippen LogP contribution in [0.4, 0.5) is 0 Å². The van der Waals surface area contributed by atoms with Gasteiger partial charge in [-0.2, -0.15) is 0 Å². The van der Waals surface area contributed by atoms with Crippen molar-refractivity contribution < 1.29 is 4.79 Å². The molecule has 2 aromatic carbocycles. The van der Waals surface area contributed by atoms with E-state index in [2.05, 4.69) is 18.8 Å². The van der Waals surface area contributed by atoms with Gasteiger partial charge in [-0.05, 0) is 36.8 Å². The number of aryl methyl sites for hydroxylation is 2. The van der Waals surface area contributed by atoms with Crippen LogP contribution in [0.2, 0.25) is 0 Å². The lowest BCUT2D eigenvalue weighted by molar-refractivity contribution is 0.0756. The van der Waals surface area contributed by atoms with Crippen LogP contribution in [0.1, 0.15) is 27.2 Å². The molecule has 0 radical (unpaired) electrons. The second kappa shape index (κ2) is 8.22. The number of carbonyl (C=O) groups is 1. The van der Waals surface area contributed by atoms with Crippen LogP contribution >= 0.6 is 0 Å². The van der Waals surface area contributed by atoms with E-state index in [-0.39, 0.29) is 5.91 Å². The van der Waals surface area contributed by atoms with Gasteiger partial charge in [-0.25, -0.2) is 0 Å². The van der Waals surface area contributed by atoms with E-state index < -0.39 is 0 Å². The standard InChI is InChI=1S/C23H22N2O/c1-19-12-14-20(15-13-19)10-6-17-25(18-21-8-4-3-5-9-21)23(26)22-11-7-16-24(22)2/h3-5,7-9,11-16H,17-18H2,1-2H3. The van der Waals surface area contributed by atoms with E-state index in [1.54, 1.807) is 4.90 Å². The second-order valence-corrected chi connectivity index (χ2v) is 6.32. The third-order valence-corrected chi connectivity index (χ3v) is 4.22. The maximum Gasteiger partial charge on any atom is 0.271 e. The number of hydrogen-bond acceptors (Lipinski definition) is 1. The minimum Gasteiger partial charge on any atom is -0.347 e. The van der Waals surface area contributed by atoms with E-state index in [1.807, 2.05) is 84.5 Å². The van der Waals surface area contributed by atoms with Gasteiger partial charge in [0.15, 0.2) is 0 Å². The Morgan fingerprint density at radius 3 is 2.38 bits per heavy atom. The molecule has 1 amide bonds. The highest BCUT2D eigenvalue weighted by Gasteiger charge is 2.17. The number of rotatable bonds is 4. The highest BCUT2D eigenvalue weighted by molar-refractivity contribution is 5.92. The van der Waals surface area contributed by atoms with Crippen molar-refractivity contribution in [2.24, 2.45) is 7.05 Å². The minimum absolute atomic E-state index is 0.0143. The Morgan fingerprint density at radius 1 is 1.00 bits per heavy atom. The smallest absolute Gasteiger partial charge is 0.271 e. The predicted octanol–water partition coefficient (Wildman–Crippen LogP) is 4.03. The molecule has 130 valence electrons. The normalized spacial score (nSPS) is 10.1. The van der Waals surface area contributed by atoms with Crippen LogP contribution in [0.3, 0.4) is 0 Å². The molecule has 0 aliphatic carbocycles. The van der Waals surface area contributed by atoms with E-state index in [0.717, 1.165) is 11.1 Å². The highest BCUT2D eigenvalue weighted by Crippen LogP contribution is 2.10. The first-order valence-electron chi connectivity index (χ1n) is 8.63. The van der Waals surface area contributed by atoms with Crippen molar-refractivity contribution in [1.82, 2.24) is 9.47 Å². The topological polar surface area (TPSA) is 25.2 Å². The molecule has 0 fully saturated rings. The third-order valence-electron chi connectivity index (χ3n) is 4.22. The van der Waals surface area contributed by atoms with E-state index in [9.17, 15) is 4.79 Å². The van der Waals surface area contributed by atoms with E-state index in [4.69, 9.17) is 0 Å². The largest absolute Gasteiger partial charge is 0.347 e. The van der Waals surface area contributed by atoms with E-state index >= 15 is 0 Å². The van der Waals surface area contributed by atoms with Crippen LogP contribution in [0, 0.1) is 18.8 Å². The first kappa shape index (κ1) is 17.6. The first-order chi connectivity index (χ1) is 12.6. The third kappa shape index (κ3) is 4.43. The second-order valence-electron chi connectivity index (χ2n) is 6.32. The minimum atomic E-state index is -0.0143. The molecule has 3 nitrogen and oxygen atoms in total. The summed E-state index contributed by atoms with van der Waals surface area (Å²) in [4.78, 5) is 14.7. The summed E-state index contributed by atoms with van der Waals surface area (Å²) >= 11 is 0. The Labute approximate surface area is 154 Å². The van der Waals surface area contributed by atoms with Crippen LogP contribution in [0.25, 0.3) is 0 Å². The maximum absolute atomic E-state index is 13.0. The molecule has 0 saturated carbocycles.